The highest BCUT2D eigenvalue weighted by molar-refractivity contribution is 7.92. The molecule has 112 valence electrons. The summed E-state index contributed by atoms with van der Waals surface area (Å²) < 4.78 is 25.8. The monoisotopic (exact) mass is 303 g/mol. The van der Waals surface area contributed by atoms with Gasteiger partial charge in [0.15, 0.2) is 9.84 Å². The highest BCUT2D eigenvalue weighted by Crippen LogP contribution is 2.29. The fraction of sp³-hybridized carbons (Fsp3) is 0.412. The molecule has 21 heavy (non-hydrogen) atoms. The van der Waals surface area contributed by atoms with Crippen LogP contribution in [0.3, 0.4) is 0 Å². The lowest BCUT2D eigenvalue weighted by Crippen LogP contribution is -2.39. The van der Waals surface area contributed by atoms with E-state index in [-0.39, 0.29) is 6.04 Å². The summed E-state index contributed by atoms with van der Waals surface area (Å²) in [6, 6.07) is 12.9. The van der Waals surface area contributed by atoms with Gasteiger partial charge in [-0.2, -0.15) is 0 Å². The Bertz CT molecular complexity index is 739. The van der Waals surface area contributed by atoms with Gasteiger partial charge in [-0.1, -0.05) is 49.6 Å². The second kappa shape index (κ2) is 5.78. The summed E-state index contributed by atoms with van der Waals surface area (Å²) in [5.41, 5.74) is 6.14. The van der Waals surface area contributed by atoms with Crippen LogP contribution in [0.15, 0.2) is 47.4 Å². The van der Waals surface area contributed by atoms with Crippen LogP contribution in [0.1, 0.15) is 32.1 Å². The molecular formula is C17H21NO2S. The minimum absolute atomic E-state index is 0.246. The molecule has 1 aliphatic rings. The van der Waals surface area contributed by atoms with Crippen LogP contribution in [-0.2, 0) is 9.84 Å². The van der Waals surface area contributed by atoms with Crippen molar-refractivity contribution in [2.45, 2.75) is 48.3 Å². The normalized spacial score (nSPS) is 23.9. The molecule has 2 aromatic rings. The van der Waals surface area contributed by atoms with Gasteiger partial charge >= 0.3 is 0 Å². The fourth-order valence-corrected chi connectivity index (χ4v) is 5.18. The minimum Gasteiger partial charge on any atom is -0.327 e. The molecule has 3 nitrogen and oxygen atoms in total. The van der Waals surface area contributed by atoms with Gasteiger partial charge in [0.2, 0.25) is 0 Å². The molecule has 0 aromatic heterocycles. The van der Waals surface area contributed by atoms with E-state index in [2.05, 4.69) is 0 Å². The molecule has 1 fully saturated rings. The number of hydrogen-bond donors (Lipinski definition) is 1. The standard InChI is InChI=1S/C17H21NO2S/c18-16-8-2-1-3-9-17(16)21(19,20)15-11-10-13-6-4-5-7-14(13)12-15/h4-7,10-12,16-17H,1-3,8-9,18H2. The van der Waals surface area contributed by atoms with Gasteiger partial charge in [0.1, 0.15) is 0 Å². The van der Waals surface area contributed by atoms with Gasteiger partial charge in [-0.3, -0.25) is 0 Å². The molecule has 1 saturated carbocycles. The average Bonchev–Trinajstić information content (AvgIpc) is 2.71. The van der Waals surface area contributed by atoms with E-state index in [1.54, 1.807) is 12.1 Å². The Balaban J connectivity index is 2.02. The van der Waals surface area contributed by atoms with Gasteiger partial charge in [0.25, 0.3) is 0 Å². The number of nitrogens with two attached hydrogens (primary N) is 1. The van der Waals surface area contributed by atoms with Crippen molar-refractivity contribution in [3.05, 3.63) is 42.5 Å². The van der Waals surface area contributed by atoms with E-state index in [9.17, 15) is 8.42 Å². The van der Waals surface area contributed by atoms with Crippen LogP contribution < -0.4 is 5.73 Å². The molecule has 0 amide bonds. The minimum atomic E-state index is -3.35. The maximum atomic E-state index is 12.9. The fourth-order valence-electron chi connectivity index (χ4n) is 3.21. The molecule has 4 heteroatoms. The highest BCUT2D eigenvalue weighted by atomic mass is 32.2. The zero-order chi connectivity index (χ0) is 14.9. The van der Waals surface area contributed by atoms with Crippen molar-refractivity contribution in [2.24, 2.45) is 5.73 Å². The SMILES string of the molecule is NC1CCCCCC1S(=O)(=O)c1ccc2ccccc2c1. The quantitative estimate of drug-likeness (QED) is 0.866. The maximum absolute atomic E-state index is 12.9. The van der Waals surface area contributed by atoms with Gasteiger partial charge in [0.05, 0.1) is 10.1 Å². The van der Waals surface area contributed by atoms with Gasteiger partial charge < -0.3 is 5.73 Å². The number of benzene rings is 2. The van der Waals surface area contributed by atoms with Crippen molar-refractivity contribution in [1.82, 2.24) is 0 Å². The summed E-state index contributed by atoms with van der Waals surface area (Å²) in [7, 11) is -3.35. The smallest absolute Gasteiger partial charge is 0.182 e. The second-order valence-electron chi connectivity index (χ2n) is 5.89. The molecule has 0 heterocycles. The van der Waals surface area contributed by atoms with Crippen molar-refractivity contribution < 1.29 is 8.42 Å². The summed E-state index contributed by atoms with van der Waals surface area (Å²) in [4.78, 5) is 0.406. The molecule has 2 N–H and O–H groups in total. The van der Waals surface area contributed by atoms with E-state index in [1.165, 1.54) is 0 Å². The summed E-state index contributed by atoms with van der Waals surface area (Å²) >= 11 is 0. The third-order valence-electron chi connectivity index (χ3n) is 4.45. The van der Waals surface area contributed by atoms with Crippen molar-refractivity contribution >= 4 is 20.6 Å². The lowest BCUT2D eigenvalue weighted by Gasteiger charge is -2.21. The average molecular weight is 303 g/mol. The van der Waals surface area contributed by atoms with Crippen molar-refractivity contribution in [3.63, 3.8) is 0 Å². The molecule has 0 bridgehead atoms. The molecule has 3 rings (SSSR count). The highest BCUT2D eigenvalue weighted by Gasteiger charge is 2.33. The molecular weight excluding hydrogens is 282 g/mol. The van der Waals surface area contributed by atoms with Gasteiger partial charge in [-0.25, -0.2) is 8.42 Å². The molecule has 2 aromatic carbocycles. The van der Waals surface area contributed by atoms with Gasteiger partial charge in [-0.05, 0) is 35.7 Å². The van der Waals surface area contributed by atoms with E-state index < -0.39 is 15.1 Å². The first-order valence-electron chi connectivity index (χ1n) is 7.57. The third-order valence-corrected chi connectivity index (χ3v) is 6.75. The molecule has 0 radical (unpaired) electrons. The van der Waals surface area contributed by atoms with Crippen molar-refractivity contribution in [3.8, 4) is 0 Å². The molecule has 0 spiro atoms. The largest absolute Gasteiger partial charge is 0.327 e. The first kappa shape index (κ1) is 14.5. The first-order chi connectivity index (χ1) is 10.1. The number of sulfone groups is 1. The summed E-state index contributed by atoms with van der Waals surface area (Å²) in [6.45, 7) is 0. The molecule has 2 unspecified atom stereocenters. The van der Waals surface area contributed by atoms with Crippen molar-refractivity contribution in [1.29, 1.82) is 0 Å². The van der Waals surface area contributed by atoms with Crippen molar-refractivity contribution in [2.75, 3.05) is 0 Å². The van der Waals surface area contributed by atoms with E-state index >= 15 is 0 Å². The zero-order valence-electron chi connectivity index (χ0n) is 12.0. The van der Waals surface area contributed by atoms with E-state index in [0.29, 0.717) is 11.3 Å². The van der Waals surface area contributed by atoms with Crippen LogP contribution in [0.2, 0.25) is 0 Å². The number of hydrogen-bond acceptors (Lipinski definition) is 3. The lowest BCUT2D eigenvalue weighted by atomic mass is 10.1. The van der Waals surface area contributed by atoms with Gasteiger partial charge in [0, 0.05) is 6.04 Å². The van der Waals surface area contributed by atoms with Crippen LogP contribution in [0.5, 0.6) is 0 Å². The Morgan fingerprint density at radius 3 is 2.43 bits per heavy atom. The molecule has 0 saturated heterocycles. The Kier molecular flexibility index (Phi) is 4.00. The molecule has 0 aliphatic heterocycles. The Hall–Kier alpha value is -1.39. The summed E-state index contributed by atoms with van der Waals surface area (Å²) in [5, 5.41) is 1.57. The van der Waals surface area contributed by atoms with E-state index in [1.807, 2.05) is 30.3 Å². The topological polar surface area (TPSA) is 60.2 Å². The van der Waals surface area contributed by atoms with E-state index in [0.717, 1.165) is 36.5 Å². The van der Waals surface area contributed by atoms with Crippen LogP contribution in [0.4, 0.5) is 0 Å². The van der Waals surface area contributed by atoms with E-state index in [4.69, 9.17) is 5.73 Å². The second-order valence-corrected chi connectivity index (χ2v) is 8.06. The Labute approximate surface area is 126 Å². The summed E-state index contributed by atoms with van der Waals surface area (Å²) in [6.07, 6.45) is 4.54. The third kappa shape index (κ3) is 2.83. The molecule has 1 aliphatic carbocycles. The predicted octanol–water partition coefficient (Wildman–Crippen LogP) is 3.27. The zero-order valence-corrected chi connectivity index (χ0v) is 12.9. The summed E-state index contributed by atoms with van der Waals surface area (Å²) in [5.74, 6) is 0. The Morgan fingerprint density at radius 1 is 0.905 bits per heavy atom. The van der Waals surface area contributed by atoms with Crippen LogP contribution in [-0.4, -0.2) is 19.7 Å². The maximum Gasteiger partial charge on any atom is 0.182 e. The predicted molar refractivity (Wildman–Crippen MR) is 86.0 cm³/mol. The number of fused-ring (bicyclic) bond motifs is 1. The number of rotatable bonds is 2. The van der Waals surface area contributed by atoms with Gasteiger partial charge in [-0.15, -0.1) is 0 Å². The lowest BCUT2D eigenvalue weighted by molar-refractivity contribution is 0.531. The molecule has 2 atom stereocenters. The Morgan fingerprint density at radius 2 is 1.62 bits per heavy atom. The van der Waals surface area contributed by atoms with Crippen LogP contribution in [0.25, 0.3) is 10.8 Å². The van der Waals surface area contributed by atoms with Crippen LogP contribution >= 0.6 is 0 Å². The first-order valence-corrected chi connectivity index (χ1v) is 9.12. The van der Waals surface area contributed by atoms with Crippen LogP contribution in [0, 0.1) is 0 Å².